The molecule has 7 nitrogen and oxygen atoms in total. The highest BCUT2D eigenvalue weighted by Crippen LogP contribution is 2.35. The molecule has 0 bridgehead atoms. The largest absolute Gasteiger partial charge is 0.469 e. The number of aliphatic hydroxyl groups is 1. The van der Waals surface area contributed by atoms with Gasteiger partial charge in [-0.25, -0.2) is 4.57 Å². The lowest BCUT2D eigenvalue weighted by Gasteiger charge is -2.15. The molecule has 0 saturated carbocycles. The molecule has 2 aromatic carbocycles. The van der Waals surface area contributed by atoms with Gasteiger partial charge in [0, 0.05) is 17.7 Å². The van der Waals surface area contributed by atoms with Crippen LogP contribution in [0.5, 0.6) is 0 Å². The van der Waals surface area contributed by atoms with Crippen LogP contribution in [0.3, 0.4) is 0 Å². The lowest BCUT2D eigenvalue weighted by molar-refractivity contribution is -0.0205. The standard InChI is InChI=1S/C29H41O7P/c30-23-28(24-36-37(32,33)34)35-22-14-9-7-5-3-1-2-4-6-8-11-15-25-18-20-27(21-19-25)29(31)26-16-12-10-13-17-26/h4,6,10,12-13,16-21,28,30H,1-3,5,7-9,11,14-15,22-24H2,(H2,32,33,34)/b6-4-/t28-/m1/s1/i37+1. The van der Waals surface area contributed by atoms with Crippen LogP contribution in [0.1, 0.15) is 79.3 Å². The number of phosphoric ester groups is 1. The van der Waals surface area contributed by atoms with E-state index in [1.807, 2.05) is 42.5 Å². The van der Waals surface area contributed by atoms with Crippen molar-refractivity contribution >= 4 is 13.6 Å². The van der Waals surface area contributed by atoms with E-state index < -0.39 is 13.9 Å². The molecule has 0 unspecified atom stereocenters. The first-order valence-electron chi connectivity index (χ1n) is 13.2. The summed E-state index contributed by atoms with van der Waals surface area (Å²) in [5.41, 5.74) is 2.70. The Morgan fingerprint density at radius 2 is 1.41 bits per heavy atom. The van der Waals surface area contributed by atoms with Gasteiger partial charge in [0.1, 0.15) is 6.10 Å². The smallest absolute Gasteiger partial charge is 0.394 e. The van der Waals surface area contributed by atoms with E-state index in [9.17, 15) is 9.36 Å². The Morgan fingerprint density at radius 1 is 0.811 bits per heavy atom. The third-order valence-corrected chi connectivity index (χ3v) is 6.49. The van der Waals surface area contributed by atoms with E-state index in [1.165, 1.54) is 24.8 Å². The predicted octanol–water partition coefficient (Wildman–Crippen LogP) is 6.01. The summed E-state index contributed by atoms with van der Waals surface area (Å²) < 4.78 is 20.4. The molecule has 0 aromatic heterocycles. The minimum absolute atomic E-state index is 0.0597. The number of hydrogen-bond acceptors (Lipinski definition) is 5. The zero-order valence-electron chi connectivity index (χ0n) is 21.5. The third kappa shape index (κ3) is 14.4. The van der Waals surface area contributed by atoms with E-state index in [-0.39, 0.29) is 19.0 Å². The van der Waals surface area contributed by atoms with Crippen LogP contribution in [0, 0.1) is 0 Å². The number of rotatable bonds is 20. The van der Waals surface area contributed by atoms with Crippen molar-refractivity contribution in [3.8, 4) is 0 Å². The zero-order valence-corrected chi connectivity index (χ0v) is 22.4. The van der Waals surface area contributed by atoms with Crippen molar-refractivity contribution in [1.82, 2.24) is 0 Å². The minimum atomic E-state index is -4.54. The number of allylic oxidation sites excluding steroid dienone is 2. The number of ether oxygens (including phenoxy) is 1. The lowest BCUT2D eigenvalue weighted by Crippen LogP contribution is -2.24. The maximum Gasteiger partial charge on any atom is 0.469 e. The first-order valence-corrected chi connectivity index (χ1v) is 14.7. The Hall–Kier alpha value is -2.12. The van der Waals surface area contributed by atoms with Gasteiger partial charge in [-0.3, -0.25) is 9.32 Å². The molecule has 37 heavy (non-hydrogen) atoms. The van der Waals surface area contributed by atoms with Crippen molar-refractivity contribution in [2.24, 2.45) is 0 Å². The second-order valence-electron chi connectivity index (χ2n) is 9.13. The van der Waals surface area contributed by atoms with Crippen molar-refractivity contribution in [1.29, 1.82) is 0 Å². The predicted molar refractivity (Wildman–Crippen MR) is 146 cm³/mol. The molecule has 1 atom stereocenters. The lowest BCUT2D eigenvalue weighted by atomic mass is 10.0. The van der Waals surface area contributed by atoms with Crippen LogP contribution >= 0.6 is 7.82 Å². The van der Waals surface area contributed by atoms with Crippen LogP contribution in [0.15, 0.2) is 66.7 Å². The Kier molecular flexibility index (Phi) is 15.3. The quantitative estimate of drug-likeness (QED) is 0.0826. The summed E-state index contributed by atoms with van der Waals surface area (Å²) in [5, 5.41) is 9.15. The molecule has 0 spiro atoms. The van der Waals surface area contributed by atoms with Gasteiger partial charge in [0.05, 0.1) is 13.2 Å². The van der Waals surface area contributed by atoms with Crippen LogP contribution < -0.4 is 0 Å². The van der Waals surface area contributed by atoms with Gasteiger partial charge in [-0.2, -0.15) is 0 Å². The Labute approximate surface area is 220 Å². The fraction of sp³-hybridized carbons (Fsp3) is 0.483. The number of phosphoric acid groups is 1. The monoisotopic (exact) mass is 533 g/mol. The molecule has 2 rings (SSSR count). The number of unbranched alkanes of at least 4 members (excludes halogenated alkanes) is 7. The van der Waals surface area contributed by atoms with Crippen LogP contribution in [0.25, 0.3) is 0 Å². The zero-order chi connectivity index (χ0) is 26.8. The number of carbonyl (C=O) groups is 1. The normalized spacial score (nSPS) is 12.7. The van der Waals surface area contributed by atoms with Gasteiger partial charge < -0.3 is 19.6 Å². The molecule has 0 fully saturated rings. The Bertz CT molecular complexity index is 954. The van der Waals surface area contributed by atoms with Crippen molar-refractivity contribution in [3.63, 3.8) is 0 Å². The van der Waals surface area contributed by atoms with Gasteiger partial charge in [0.15, 0.2) is 5.78 Å². The number of benzene rings is 2. The van der Waals surface area contributed by atoms with Crippen molar-refractivity contribution < 1.29 is 33.5 Å². The van der Waals surface area contributed by atoms with E-state index >= 15 is 0 Å². The number of aliphatic hydroxyl groups excluding tert-OH is 1. The fourth-order valence-corrected chi connectivity index (χ4v) is 4.25. The van der Waals surface area contributed by atoms with Gasteiger partial charge in [-0.05, 0) is 44.1 Å². The molecule has 0 aliphatic rings. The van der Waals surface area contributed by atoms with Gasteiger partial charge in [-0.15, -0.1) is 0 Å². The summed E-state index contributed by atoms with van der Waals surface area (Å²) >= 11 is 0. The van der Waals surface area contributed by atoms with Gasteiger partial charge in [0.25, 0.3) is 0 Å². The van der Waals surface area contributed by atoms with E-state index in [2.05, 4.69) is 28.8 Å². The molecule has 2 aromatic rings. The van der Waals surface area contributed by atoms with Gasteiger partial charge >= 0.3 is 7.82 Å². The van der Waals surface area contributed by atoms with Crippen molar-refractivity contribution in [3.05, 3.63) is 83.4 Å². The SMILES string of the molecule is O=C(c1ccccc1)c1ccc(CCC/C=C\CCCCCCCCO[C@H](CO)CO[32P](=O)(O)O)cc1. The molecule has 0 aliphatic heterocycles. The van der Waals surface area contributed by atoms with E-state index in [1.54, 1.807) is 0 Å². The summed E-state index contributed by atoms with van der Waals surface area (Å²) in [7, 11) is -4.54. The topological polar surface area (TPSA) is 113 Å². The van der Waals surface area contributed by atoms with Crippen molar-refractivity contribution in [2.75, 3.05) is 19.8 Å². The van der Waals surface area contributed by atoms with Crippen molar-refractivity contribution in [2.45, 2.75) is 70.3 Å². The molecular weight excluding hydrogens is 492 g/mol. The summed E-state index contributed by atoms with van der Waals surface area (Å²) in [5.74, 6) is 0.0597. The molecule has 204 valence electrons. The molecule has 0 radical (unpaired) electrons. The van der Waals surface area contributed by atoms with Gasteiger partial charge in [0.2, 0.25) is 0 Å². The average molecular weight is 534 g/mol. The second kappa shape index (κ2) is 18.2. The minimum Gasteiger partial charge on any atom is -0.394 e. The summed E-state index contributed by atoms with van der Waals surface area (Å²) in [4.78, 5) is 29.8. The summed E-state index contributed by atoms with van der Waals surface area (Å²) in [6, 6.07) is 17.3. The van der Waals surface area contributed by atoms with Crippen LogP contribution in [-0.2, 0) is 20.2 Å². The second-order valence-corrected chi connectivity index (χ2v) is 10.4. The summed E-state index contributed by atoms with van der Waals surface area (Å²) in [6.45, 7) is -0.217. The molecular formula is C29H41O7P. The highest BCUT2D eigenvalue weighted by Gasteiger charge is 2.18. The Balaban J connectivity index is 1.44. The molecule has 0 amide bonds. The maximum absolute atomic E-state index is 12.5. The number of aryl methyl sites for hydroxylation is 1. The van der Waals surface area contributed by atoms with Crippen LogP contribution in [-0.4, -0.2) is 46.6 Å². The molecule has 3 N–H and O–H groups in total. The summed E-state index contributed by atoms with van der Waals surface area (Å²) in [6.07, 6.45) is 14.6. The number of carbonyl (C=O) groups excluding carboxylic acids is 1. The average Bonchev–Trinajstić information content (AvgIpc) is 2.90. The highest BCUT2D eigenvalue weighted by molar-refractivity contribution is 7.46. The van der Waals surface area contributed by atoms with Crippen LogP contribution in [0.2, 0.25) is 0 Å². The molecule has 0 heterocycles. The maximum atomic E-state index is 12.5. The van der Waals surface area contributed by atoms with E-state index in [4.69, 9.17) is 19.6 Å². The molecule has 0 saturated heterocycles. The fourth-order valence-electron chi connectivity index (χ4n) is 3.89. The van der Waals surface area contributed by atoms with E-state index in [0.29, 0.717) is 12.2 Å². The number of ketones is 1. The first-order chi connectivity index (χ1) is 17.9. The Morgan fingerprint density at radius 3 is 2.05 bits per heavy atom. The van der Waals surface area contributed by atoms with E-state index in [0.717, 1.165) is 50.5 Å². The third-order valence-electron chi connectivity index (χ3n) is 6.01. The highest BCUT2D eigenvalue weighted by atomic mass is 32.2. The van der Waals surface area contributed by atoms with Gasteiger partial charge in [-0.1, -0.05) is 92.4 Å². The first kappa shape index (κ1) is 31.1. The molecule has 0 aliphatic carbocycles. The van der Waals surface area contributed by atoms with Crippen LogP contribution in [0.4, 0.5) is 0 Å². The number of hydrogen-bond donors (Lipinski definition) is 3. The molecule has 8 heteroatoms.